The first-order valence-electron chi connectivity index (χ1n) is 4.60. The normalized spacial score (nSPS) is 47.3. The van der Waals surface area contributed by atoms with Crippen molar-refractivity contribution in [2.45, 2.75) is 18.4 Å². The number of ether oxygens (including phenoxy) is 1. The van der Waals surface area contributed by atoms with Crippen molar-refractivity contribution < 1.29 is 4.74 Å². The molecule has 1 heteroatoms. The third kappa shape index (κ3) is 0.689. The van der Waals surface area contributed by atoms with Gasteiger partial charge in [0.05, 0.1) is 6.26 Å². The summed E-state index contributed by atoms with van der Waals surface area (Å²) in [5, 5.41) is 0. The van der Waals surface area contributed by atoms with Crippen molar-refractivity contribution in [3.63, 3.8) is 0 Å². The fraction of sp³-hybridized carbons (Fsp3) is 0.455. The van der Waals surface area contributed by atoms with Crippen LogP contribution in [0.15, 0.2) is 36.6 Å². The van der Waals surface area contributed by atoms with Crippen molar-refractivity contribution in [3.8, 4) is 0 Å². The zero-order chi connectivity index (χ0) is 8.02. The molecule has 0 radical (unpaired) electrons. The molecule has 0 amide bonds. The summed E-state index contributed by atoms with van der Waals surface area (Å²) >= 11 is 0. The first-order chi connectivity index (χ1) is 5.89. The van der Waals surface area contributed by atoms with Crippen molar-refractivity contribution in [1.29, 1.82) is 0 Å². The van der Waals surface area contributed by atoms with Crippen molar-refractivity contribution in [2.24, 2.45) is 11.8 Å². The number of rotatable bonds is 0. The molecule has 3 rings (SSSR count). The van der Waals surface area contributed by atoms with E-state index in [2.05, 4.69) is 24.3 Å². The highest BCUT2D eigenvalue weighted by molar-refractivity contribution is 5.27. The van der Waals surface area contributed by atoms with Gasteiger partial charge >= 0.3 is 0 Å². The van der Waals surface area contributed by atoms with Crippen LogP contribution < -0.4 is 0 Å². The fourth-order valence-electron chi connectivity index (χ4n) is 2.65. The highest BCUT2D eigenvalue weighted by Gasteiger charge is 2.48. The lowest BCUT2D eigenvalue weighted by Gasteiger charge is -2.33. The van der Waals surface area contributed by atoms with E-state index in [1.54, 1.807) is 0 Å². The monoisotopic (exact) mass is 160 g/mol. The van der Waals surface area contributed by atoms with Crippen molar-refractivity contribution >= 4 is 0 Å². The summed E-state index contributed by atoms with van der Waals surface area (Å²) in [4.78, 5) is 0. The Bertz CT molecular complexity index is 287. The molecule has 12 heavy (non-hydrogen) atoms. The van der Waals surface area contributed by atoms with Gasteiger partial charge in [0.15, 0.2) is 0 Å². The summed E-state index contributed by atoms with van der Waals surface area (Å²) in [6.07, 6.45) is 15.2. The summed E-state index contributed by atoms with van der Waals surface area (Å²) < 4.78 is 5.74. The van der Waals surface area contributed by atoms with Crippen LogP contribution >= 0.6 is 0 Å². The van der Waals surface area contributed by atoms with Crippen LogP contribution in [0.5, 0.6) is 0 Å². The molecular formula is C11H12O. The minimum atomic E-state index is 0.0359. The molecule has 0 aromatic rings. The van der Waals surface area contributed by atoms with Gasteiger partial charge in [-0.25, -0.2) is 0 Å². The topological polar surface area (TPSA) is 9.23 Å². The van der Waals surface area contributed by atoms with E-state index in [0.29, 0.717) is 5.92 Å². The van der Waals surface area contributed by atoms with Gasteiger partial charge in [0.1, 0.15) is 5.60 Å². The zero-order valence-electron chi connectivity index (χ0n) is 6.94. The van der Waals surface area contributed by atoms with Crippen LogP contribution in [0, 0.1) is 11.8 Å². The lowest BCUT2D eigenvalue weighted by molar-refractivity contribution is 0.0413. The van der Waals surface area contributed by atoms with Gasteiger partial charge in [-0.3, -0.25) is 0 Å². The Balaban J connectivity index is 1.98. The SMILES string of the molecule is C1=COC2(C=C1)CC1C=CC2C1. The first kappa shape index (κ1) is 6.53. The van der Waals surface area contributed by atoms with Gasteiger partial charge < -0.3 is 4.74 Å². The van der Waals surface area contributed by atoms with Gasteiger partial charge in [0, 0.05) is 5.92 Å². The maximum atomic E-state index is 5.74. The quantitative estimate of drug-likeness (QED) is 0.494. The molecule has 1 heterocycles. The van der Waals surface area contributed by atoms with E-state index in [9.17, 15) is 0 Å². The van der Waals surface area contributed by atoms with E-state index in [1.165, 1.54) is 12.8 Å². The second-order valence-electron chi connectivity index (χ2n) is 3.95. The predicted octanol–water partition coefficient (Wildman–Crippen LogP) is 2.42. The van der Waals surface area contributed by atoms with Crippen molar-refractivity contribution in [3.05, 3.63) is 36.6 Å². The summed E-state index contributed by atoms with van der Waals surface area (Å²) in [7, 11) is 0. The molecule has 0 saturated heterocycles. The molecule has 3 aliphatic rings. The molecule has 62 valence electrons. The molecule has 0 aromatic carbocycles. The van der Waals surface area contributed by atoms with Gasteiger partial charge in [-0.15, -0.1) is 0 Å². The average Bonchev–Trinajstić information content (AvgIpc) is 2.65. The van der Waals surface area contributed by atoms with Crippen LogP contribution in [0.3, 0.4) is 0 Å². The number of hydrogen-bond acceptors (Lipinski definition) is 1. The van der Waals surface area contributed by atoms with Crippen LogP contribution in [-0.2, 0) is 4.74 Å². The molecule has 1 saturated carbocycles. The van der Waals surface area contributed by atoms with E-state index < -0.39 is 0 Å². The molecule has 2 bridgehead atoms. The van der Waals surface area contributed by atoms with E-state index in [1.807, 2.05) is 12.3 Å². The van der Waals surface area contributed by atoms with Crippen LogP contribution in [0.4, 0.5) is 0 Å². The van der Waals surface area contributed by atoms with E-state index in [-0.39, 0.29) is 5.60 Å². The highest BCUT2D eigenvalue weighted by atomic mass is 16.5. The van der Waals surface area contributed by atoms with Crippen LogP contribution in [0.25, 0.3) is 0 Å². The zero-order valence-corrected chi connectivity index (χ0v) is 6.94. The van der Waals surface area contributed by atoms with E-state index in [4.69, 9.17) is 4.74 Å². The van der Waals surface area contributed by atoms with Gasteiger partial charge in [-0.2, -0.15) is 0 Å². The second-order valence-corrected chi connectivity index (χ2v) is 3.95. The van der Waals surface area contributed by atoms with Gasteiger partial charge in [0.25, 0.3) is 0 Å². The van der Waals surface area contributed by atoms with Crippen molar-refractivity contribution in [2.75, 3.05) is 0 Å². The summed E-state index contributed by atoms with van der Waals surface area (Å²) in [5.74, 6) is 1.40. The Morgan fingerprint density at radius 1 is 1.25 bits per heavy atom. The summed E-state index contributed by atoms with van der Waals surface area (Å²) in [5.41, 5.74) is 0.0359. The molecule has 1 nitrogen and oxygen atoms in total. The lowest BCUT2D eigenvalue weighted by Crippen LogP contribution is -2.33. The van der Waals surface area contributed by atoms with Crippen LogP contribution in [-0.4, -0.2) is 5.60 Å². The maximum absolute atomic E-state index is 5.74. The predicted molar refractivity (Wildman–Crippen MR) is 47.5 cm³/mol. The first-order valence-corrected chi connectivity index (χ1v) is 4.60. The van der Waals surface area contributed by atoms with Crippen molar-refractivity contribution in [1.82, 2.24) is 0 Å². The Morgan fingerprint density at radius 3 is 2.83 bits per heavy atom. The third-order valence-corrected chi connectivity index (χ3v) is 3.24. The highest BCUT2D eigenvalue weighted by Crippen LogP contribution is 2.49. The largest absolute Gasteiger partial charge is 0.490 e. The van der Waals surface area contributed by atoms with Gasteiger partial charge in [-0.05, 0) is 30.9 Å². The molecule has 1 spiro atoms. The van der Waals surface area contributed by atoms with E-state index >= 15 is 0 Å². The molecule has 2 aliphatic carbocycles. The molecule has 0 N–H and O–H groups in total. The Kier molecular flexibility index (Phi) is 1.11. The van der Waals surface area contributed by atoms with E-state index in [0.717, 1.165) is 5.92 Å². The molecular weight excluding hydrogens is 148 g/mol. The van der Waals surface area contributed by atoms with Gasteiger partial charge in [0.2, 0.25) is 0 Å². The molecule has 3 atom stereocenters. The Hall–Kier alpha value is -0.980. The number of allylic oxidation sites excluding steroid dienone is 3. The van der Waals surface area contributed by atoms with Gasteiger partial charge in [-0.1, -0.05) is 18.2 Å². The van der Waals surface area contributed by atoms with Crippen LogP contribution in [0.2, 0.25) is 0 Å². The Morgan fingerprint density at radius 2 is 2.25 bits per heavy atom. The minimum Gasteiger partial charge on any atom is -0.490 e. The maximum Gasteiger partial charge on any atom is 0.133 e. The average molecular weight is 160 g/mol. The smallest absolute Gasteiger partial charge is 0.133 e. The summed E-state index contributed by atoms with van der Waals surface area (Å²) in [6, 6.07) is 0. The third-order valence-electron chi connectivity index (χ3n) is 3.24. The molecule has 1 aliphatic heterocycles. The molecule has 0 aromatic heterocycles. The lowest BCUT2D eigenvalue weighted by atomic mass is 9.87. The fourth-order valence-corrected chi connectivity index (χ4v) is 2.65. The Labute approximate surface area is 72.4 Å². The minimum absolute atomic E-state index is 0.0359. The summed E-state index contributed by atoms with van der Waals surface area (Å²) in [6.45, 7) is 0. The second kappa shape index (κ2) is 2.03. The molecule has 1 fully saturated rings. The number of fused-ring (bicyclic) bond motifs is 3. The molecule has 3 unspecified atom stereocenters. The number of hydrogen-bond donors (Lipinski definition) is 0. The standard InChI is InChI=1S/C11H12O/c1-2-6-12-11(5-1)8-9-3-4-10(11)7-9/h1-6,9-10H,7-8H2. The van der Waals surface area contributed by atoms with Crippen LogP contribution in [0.1, 0.15) is 12.8 Å².